The molecule has 0 amide bonds. The van der Waals surface area contributed by atoms with Crippen molar-refractivity contribution in [3.8, 4) is 0 Å². The molecule has 0 heterocycles. The average molecular weight is 507 g/mol. The summed E-state index contributed by atoms with van der Waals surface area (Å²) in [7, 11) is 3.17. The van der Waals surface area contributed by atoms with Crippen LogP contribution in [0.3, 0.4) is 0 Å². The number of quaternary nitrogens is 1. The number of hydrogen-bond donors (Lipinski definition) is 1. The molecule has 0 bridgehead atoms. The third-order valence-electron chi connectivity index (χ3n) is 6.44. The molecule has 0 aromatic rings. The zero-order valence-electron chi connectivity index (χ0n) is 24.1. The fourth-order valence-electron chi connectivity index (χ4n) is 4.20. The van der Waals surface area contributed by atoms with E-state index in [1.165, 1.54) is 129 Å². The summed E-state index contributed by atoms with van der Waals surface area (Å²) in [5.74, 6) is -0.0842. The molecular formula is C29H64NO3S+. The number of nitrogens with zero attached hydrogens (tertiary/aromatic N) is 1. The van der Waals surface area contributed by atoms with E-state index in [0.29, 0.717) is 6.42 Å². The maximum atomic E-state index is 10.3. The molecule has 0 aromatic heterocycles. The van der Waals surface area contributed by atoms with Crippen LogP contribution < -0.4 is 0 Å². The predicted molar refractivity (Wildman–Crippen MR) is 152 cm³/mol. The molecular weight excluding hydrogens is 442 g/mol. The molecule has 0 atom stereocenters. The van der Waals surface area contributed by atoms with Gasteiger partial charge in [-0.1, -0.05) is 136 Å². The first kappa shape index (κ1) is 36.0. The molecule has 0 saturated heterocycles. The fourth-order valence-corrected chi connectivity index (χ4v) is 4.77. The van der Waals surface area contributed by atoms with Gasteiger partial charge in [-0.2, -0.15) is 8.42 Å². The molecule has 0 aliphatic heterocycles. The van der Waals surface area contributed by atoms with Crippen LogP contribution >= 0.6 is 0 Å². The number of unbranched alkanes of at least 4 members (excludes halogenated alkanes) is 20. The third kappa shape index (κ3) is 39.1. The van der Waals surface area contributed by atoms with Gasteiger partial charge in [0.05, 0.1) is 33.4 Å². The van der Waals surface area contributed by atoms with Gasteiger partial charge in [-0.25, -0.2) is 0 Å². The lowest BCUT2D eigenvalue weighted by Gasteiger charge is -2.23. The van der Waals surface area contributed by atoms with E-state index >= 15 is 0 Å². The highest BCUT2D eigenvalue weighted by Crippen LogP contribution is 2.14. The van der Waals surface area contributed by atoms with E-state index in [1.807, 2.05) is 0 Å². The molecule has 208 valence electrons. The van der Waals surface area contributed by atoms with Crippen molar-refractivity contribution in [3.05, 3.63) is 0 Å². The second-order valence-corrected chi connectivity index (χ2v) is 12.9. The third-order valence-corrected chi connectivity index (χ3v) is 7.24. The van der Waals surface area contributed by atoms with E-state index in [0.717, 1.165) is 17.3 Å². The Morgan fingerprint density at radius 2 is 0.735 bits per heavy atom. The van der Waals surface area contributed by atoms with Gasteiger partial charge in [0.1, 0.15) is 0 Å². The Bertz CT molecular complexity index is 486. The van der Waals surface area contributed by atoms with Gasteiger partial charge in [0.15, 0.2) is 0 Å². The highest BCUT2D eigenvalue weighted by Gasteiger charge is 2.05. The van der Waals surface area contributed by atoms with Crippen LogP contribution in [0, 0.1) is 0 Å². The minimum atomic E-state index is -3.72. The highest BCUT2D eigenvalue weighted by molar-refractivity contribution is 7.85. The monoisotopic (exact) mass is 506 g/mol. The Morgan fingerprint density at radius 3 is 1.00 bits per heavy atom. The van der Waals surface area contributed by atoms with Crippen molar-refractivity contribution in [2.75, 3.05) is 33.4 Å². The van der Waals surface area contributed by atoms with Crippen LogP contribution in [0.25, 0.3) is 0 Å². The molecule has 1 N–H and O–H groups in total. The molecule has 0 unspecified atom stereocenters. The number of hydrogen-bond acceptors (Lipinski definition) is 2. The molecule has 0 fully saturated rings. The van der Waals surface area contributed by atoms with Gasteiger partial charge >= 0.3 is 0 Å². The Labute approximate surface area is 216 Å². The molecule has 5 heteroatoms. The van der Waals surface area contributed by atoms with Crippen LogP contribution in [0.15, 0.2) is 0 Å². The lowest BCUT2D eigenvalue weighted by molar-refractivity contribution is -0.870. The summed E-state index contributed by atoms with van der Waals surface area (Å²) in [6, 6.07) is 0. The Hall–Kier alpha value is -0.130. The lowest BCUT2D eigenvalue weighted by atomic mass is 10.0. The maximum Gasteiger partial charge on any atom is 0.264 e. The van der Waals surface area contributed by atoms with Gasteiger partial charge in [0.25, 0.3) is 10.1 Å². The summed E-state index contributed by atoms with van der Waals surface area (Å²) in [5, 5.41) is 0. The second kappa shape index (κ2) is 25.9. The van der Waals surface area contributed by atoms with Crippen molar-refractivity contribution in [2.24, 2.45) is 0 Å². The summed E-state index contributed by atoms with van der Waals surface area (Å²) in [4.78, 5) is 0. The smallest absolute Gasteiger partial charge is 0.264 e. The summed E-state index contributed by atoms with van der Waals surface area (Å²) < 4.78 is 30.1. The zero-order chi connectivity index (χ0) is 26.0. The maximum absolute atomic E-state index is 10.3. The largest absolute Gasteiger partial charge is 0.331 e. The van der Waals surface area contributed by atoms with E-state index in [2.05, 4.69) is 35.0 Å². The zero-order valence-corrected chi connectivity index (χ0v) is 24.9. The molecule has 0 aromatic carbocycles. The SMILES string of the molecule is CCCCCCCCCCCCCCCCCC[N+](C)(C)C.CCCCCCCCS(=O)(=O)O. The fraction of sp³-hybridized carbons (Fsp3) is 1.00. The first-order valence-electron chi connectivity index (χ1n) is 14.9. The van der Waals surface area contributed by atoms with Crippen molar-refractivity contribution in [2.45, 2.75) is 155 Å². The van der Waals surface area contributed by atoms with Crippen LogP contribution in [0.2, 0.25) is 0 Å². The molecule has 0 aliphatic rings. The van der Waals surface area contributed by atoms with Gasteiger partial charge in [0.2, 0.25) is 0 Å². The predicted octanol–water partition coefficient (Wildman–Crippen LogP) is 9.19. The first-order valence-corrected chi connectivity index (χ1v) is 16.5. The summed E-state index contributed by atoms with van der Waals surface area (Å²) in [5.41, 5.74) is 0. The van der Waals surface area contributed by atoms with Crippen LogP contribution in [0.1, 0.15) is 155 Å². The summed E-state index contributed by atoms with van der Waals surface area (Å²) in [6.45, 7) is 5.77. The van der Waals surface area contributed by atoms with Crippen molar-refractivity contribution in [1.82, 2.24) is 0 Å². The van der Waals surface area contributed by atoms with Gasteiger partial charge in [-0.15, -0.1) is 0 Å². The summed E-state index contributed by atoms with van der Waals surface area (Å²) >= 11 is 0. The lowest BCUT2D eigenvalue weighted by Crippen LogP contribution is -2.35. The average Bonchev–Trinajstić information content (AvgIpc) is 2.75. The molecule has 0 rings (SSSR count). The van der Waals surface area contributed by atoms with E-state index < -0.39 is 10.1 Å². The quantitative estimate of drug-likeness (QED) is 0.0806. The van der Waals surface area contributed by atoms with Crippen molar-refractivity contribution in [1.29, 1.82) is 0 Å². The van der Waals surface area contributed by atoms with E-state index in [-0.39, 0.29) is 5.75 Å². The first-order chi connectivity index (χ1) is 16.1. The van der Waals surface area contributed by atoms with Crippen molar-refractivity contribution < 1.29 is 17.5 Å². The van der Waals surface area contributed by atoms with Crippen molar-refractivity contribution in [3.63, 3.8) is 0 Å². The molecule has 0 radical (unpaired) electrons. The van der Waals surface area contributed by atoms with Gasteiger partial charge in [-0.05, 0) is 19.3 Å². The topological polar surface area (TPSA) is 54.4 Å². The Morgan fingerprint density at radius 1 is 0.471 bits per heavy atom. The van der Waals surface area contributed by atoms with Crippen LogP contribution in [-0.2, 0) is 10.1 Å². The molecule has 0 aliphatic carbocycles. The molecule has 0 spiro atoms. The van der Waals surface area contributed by atoms with Crippen LogP contribution in [0.4, 0.5) is 0 Å². The minimum Gasteiger partial charge on any atom is -0.331 e. The van der Waals surface area contributed by atoms with Gasteiger partial charge in [-0.3, -0.25) is 4.55 Å². The molecule has 34 heavy (non-hydrogen) atoms. The second-order valence-electron chi connectivity index (χ2n) is 11.4. The van der Waals surface area contributed by atoms with E-state index in [1.54, 1.807) is 0 Å². The van der Waals surface area contributed by atoms with E-state index in [9.17, 15) is 8.42 Å². The van der Waals surface area contributed by atoms with Gasteiger partial charge in [0, 0.05) is 0 Å². The minimum absolute atomic E-state index is 0.0842. The van der Waals surface area contributed by atoms with E-state index in [4.69, 9.17) is 4.55 Å². The number of rotatable bonds is 24. The molecule has 0 saturated carbocycles. The van der Waals surface area contributed by atoms with Crippen molar-refractivity contribution >= 4 is 10.1 Å². The molecule has 4 nitrogen and oxygen atoms in total. The normalized spacial score (nSPS) is 11.9. The van der Waals surface area contributed by atoms with Crippen LogP contribution in [-0.4, -0.2) is 50.9 Å². The van der Waals surface area contributed by atoms with Gasteiger partial charge < -0.3 is 4.48 Å². The summed E-state index contributed by atoms with van der Waals surface area (Å²) in [6.07, 6.45) is 29.5. The van der Waals surface area contributed by atoms with Crippen LogP contribution in [0.5, 0.6) is 0 Å². The Kier molecular flexibility index (Phi) is 27.5. The highest BCUT2D eigenvalue weighted by atomic mass is 32.2. The Balaban J connectivity index is 0. The standard InChI is InChI=1S/C21H46N.C8H18O3S/c1-5-6-7-8-9-10-11-12-13-14-15-16-17-18-19-20-21-22(2,3)4;1-2-3-4-5-6-7-8-12(9,10)11/h5-21H2,1-4H3;2-8H2,1H3,(H,9,10,11)/q+1;.